The van der Waals surface area contributed by atoms with E-state index in [1.54, 1.807) is 32.0 Å². The number of sulfone groups is 1. The lowest BCUT2D eigenvalue weighted by atomic mass is 9.92. The molecule has 7 heteroatoms. The van der Waals surface area contributed by atoms with Crippen LogP contribution >= 0.6 is 11.6 Å². The van der Waals surface area contributed by atoms with E-state index in [1.807, 2.05) is 20.8 Å². The van der Waals surface area contributed by atoms with Gasteiger partial charge in [-0.2, -0.15) is 0 Å². The first-order valence-electron chi connectivity index (χ1n) is 7.65. The molecule has 132 valence electrons. The molecule has 0 aliphatic heterocycles. The van der Waals surface area contributed by atoms with Crippen molar-refractivity contribution in [1.82, 2.24) is 5.16 Å². The van der Waals surface area contributed by atoms with Gasteiger partial charge >= 0.3 is 0 Å². The van der Waals surface area contributed by atoms with E-state index in [2.05, 4.69) is 10.5 Å². The highest BCUT2D eigenvalue weighted by molar-refractivity contribution is 7.92. The molecule has 0 fully saturated rings. The van der Waals surface area contributed by atoms with Gasteiger partial charge in [0.25, 0.3) is 0 Å². The number of benzene rings is 1. The Bertz CT molecular complexity index is 803. The predicted molar refractivity (Wildman–Crippen MR) is 96.4 cm³/mol. The Labute approximate surface area is 148 Å². The lowest BCUT2D eigenvalue weighted by Gasteiger charge is -2.25. The smallest absolute Gasteiger partial charge is 0.224 e. The zero-order chi connectivity index (χ0) is 18.2. The summed E-state index contributed by atoms with van der Waals surface area (Å²) in [6, 6.07) is 7.98. The van der Waals surface area contributed by atoms with Crippen molar-refractivity contribution in [1.29, 1.82) is 0 Å². The number of anilines is 1. The fourth-order valence-electron chi connectivity index (χ4n) is 2.04. The molecule has 2 rings (SSSR count). The summed E-state index contributed by atoms with van der Waals surface area (Å²) in [7, 11) is -3.53. The molecule has 0 saturated carbocycles. The zero-order valence-electron chi connectivity index (χ0n) is 14.6. The number of aromatic nitrogens is 1. The maximum Gasteiger partial charge on any atom is 0.224 e. The SMILES string of the molecule is CC(C)(C)c1cc(NCC(C)(C)S(=O)(=O)c2ccc(Cl)cc2)on1. The second kappa shape index (κ2) is 6.41. The second-order valence-corrected chi connectivity index (χ2v) is 10.4. The average molecular weight is 371 g/mol. The predicted octanol–water partition coefficient (Wildman–Crippen LogP) is 4.29. The van der Waals surface area contributed by atoms with Gasteiger partial charge in [-0.3, -0.25) is 0 Å². The summed E-state index contributed by atoms with van der Waals surface area (Å²) in [6.45, 7) is 9.63. The zero-order valence-corrected chi connectivity index (χ0v) is 16.1. The van der Waals surface area contributed by atoms with Crippen LogP contribution in [0.15, 0.2) is 39.8 Å². The molecule has 0 radical (unpaired) electrons. The lowest BCUT2D eigenvalue weighted by molar-refractivity contribution is 0.401. The van der Waals surface area contributed by atoms with E-state index in [9.17, 15) is 8.42 Å². The highest BCUT2D eigenvalue weighted by Crippen LogP contribution is 2.28. The minimum Gasteiger partial charge on any atom is -0.352 e. The standard InChI is InChI=1S/C17H23ClN2O3S/c1-16(2,3)14-10-15(23-20-14)19-11-17(4,5)24(21,22)13-8-6-12(18)7-9-13/h6-10,19H,11H2,1-5H3. The summed E-state index contributed by atoms with van der Waals surface area (Å²) in [5.41, 5.74) is 0.678. The van der Waals surface area contributed by atoms with Crippen LogP contribution in [-0.4, -0.2) is 24.9 Å². The fourth-order valence-corrected chi connectivity index (χ4v) is 3.56. The normalized spacial score (nSPS) is 13.1. The Morgan fingerprint density at radius 3 is 2.21 bits per heavy atom. The van der Waals surface area contributed by atoms with E-state index in [0.717, 1.165) is 5.69 Å². The van der Waals surface area contributed by atoms with Crippen LogP contribution in [0.5, 0.6) is 0 Å². The van der Waals surface area contributed by atoms with Crippen molar-refractivity contribution in [3.63, 3.8) is 0 Å². The second-order valence-electron chi connectivity index (χ2n) is 7.40. The first-order valence-corrected chi connectivity index (χ1v) is 9.51. The molecule has 5 nitrogen and oxygen atoms in total. The summed E-state index contributed by atoms with van der Waals surface area (Å²) < 4.78 is 29.9. The first kappa shape index (κ1) is 18.8. The van der Waals surface area contributed by atoms with Gasteiger partial charge < -0.3 is 9.84 Å². The molecule has 1 aromatic heterocycles. The van der Waals surface area contributed by atoms with Crippen molar-refractivity contribution < 1.29 is 12.9 Å². The minimum atomic E-state index is -3.53. The quantitative estimate of drug-likeness (QED) is 0.849. The Morgan fingerprint density at radius 1 is 1.12 bits per heavy atom. The lowest BCUT2D eigenvalue weighted by Crippen LogP contribution is -2.39. The van der Waals surface area contributed by atoms with E-state index in [-0.39, 0.29) is 16.9 Å². The van der Waals surface area contributed by atoms with E-state index >= 15 is 0 Å². The molecule has 1 heterocycles. The summed E-state index contributed by atoms with van der Waals surface area (Å²) >= 11 is 5.83. The first-order chi connectivity index (χ1) is 10.9. The number of hydrogen-bond acceptors (Lipinski definition) is 5. The third kappa shape index (κ3) is 3.92. The maximum atomic E-state index is 12.8. The molecule has 1 aromatic carbocycles. The Hall–Kier alpha value is -1.53. The topological polar surface area (TPSA) is 72.2 Å². The van der Waals surface area contributed by atoms with E-state index in [4.69, 9.17) is 16.1 Å². The van der Waals surface area contributed by atoms with Gasteiger partial charge in [0.2, 0.25) is 5.88 Å². The van der Waals surface area contributed by atoms with Crippen molar-refractivity contribution in [2.24, 2.45) is 0 Å². The van der Waals surface area contributed by atoms with Crippen LogP contribution in [0.4, 0.5) is 5.88 Å². The van der Waals surface area contributed by atoms with Crippen LogP contribution in [0, 0.1) is 0 Å². The van der Waals surface area contributed by atoms with E-state index in [0.29, 0.717) is 10.9 Å². The van der Waals surface area contributed by atoms with Crippen LogP contribution in [-0.2, 0) is 15.3 Å². The van der Waals surface area contributed by atoms with Crippen LogP contribution in [0.2, 0.25) is 5.02 Å². The van der Waals surface area contributed by atoms with Crippen molar-refractivity contribution in [2.45, 2.75) is 49.7 Å². The van der Waals surface area contributed by atoms with Crippen LogP contribution in [0.1, 0.15) is 40.3 Å². The Balaban J connectivity index is 2.15. The highest BCUT2D eigenvalue weighted by atomic mass is 35.5. The van der Waals surface area contributed by atoms with E-state index in [1.165, 1.54) is 12.1 Å². The van der Waals surface area contributed by atoms with Gasteiger partial charge in [0.15, 0.2) is 9.84 Å². The van der Waals surface area contributed by atoms with Crippen LogP contribution < -0.4 is 5.32 Å². The Kier molecular flexibility index (Phi) is 5.02. The highest BCUT2D eigenvalue weighted by Gasteiger charge is 2.36. The van der Waals surface area contributed by atoms with Gasteiger partial charge in [0.05, 0.1) is 15.3 Å². The van der Waals surface area contributed by atoms with Gasteiger partial charge in [-0.25, -0.2) is 8.42 Å². The summed E-state index contributed by atoms with van der Waals surface area (Å²) in [4.78, 5) is 0.242. The monoisotopic (exact) mass is 370 g/mol. The van der Waals surface area contributed by atoms with Gasteiger partial charge in [0, 0.05) is 23.0 Å². The maximum absolute atomic E-state index is 12.8. The number of rotatable bonds is 5. The van der Waals surface area contributed by atoms with Crippen LogP contribution in [0.25, 0.3) is 0 Å². The molecule has 0 saturated heterocycles. The summed E-state index contributed by atoms with van der Waals surface area (Å²) in [5.74, 6) is 0.458. The summed E-state index contributed by atoms with van der Waals surface area (Å²) in [6.07, 6.45) is 0. The van der Waals surface area contributed by atoms with Crippen molar-refractivity contribution in [3.05, 3.63) is 41.0 Å². The molecule has 0 spiro atoms. The minimum absolute atomic E-state index is 0.131. The largest absolute Gasteiger partial charge is 0.352 e. The number of halogens is 1. The molecule has 0 bridgehead atoms. The van der Waals surface area contributed by atoms with Crippen LogP contribution in [0.3, 0.4) is 0 Å². The average Bonchev–Trinajstić information content (AvgIpc) is 2.94. The number of nitrogens with zero attached hydrogens (tertiary/aromatic N) is 1. The van der Waals surface area contributed by atoms with Crippen molar-refractivity contribution >= 4 is 27.3 Å². The molecule has 0 unspecified atom stereocenters. The van der Waals surface area contributed by atoms with Gasteiger partial charge in [-0.05, 0) is 38.1 Å². The fraction of sp³-hybridized carbons (Fsp3) is 0.471. The number of nitrogens with one attached hydrogen (secondary N) is 1. The van der Waals surface area contributed by atoms with Crippen molar-refractivity contribution in [3.8, 4) is 0 Å². The van der Waals surface area contributed by atoms with Gasteiger partial charge in [-0.15, -0.1) is 0 Å². The third-order valence-electron chi connectivity index (χ3n) is 3.82. The van der Waals surface area contributed by atoms with Gasteiger partial charge in [-0.1, -0.05) is 37.5 Å². The number of hydrogen-bond donors (Lipinski definition) is 1. The summed E-state index contributed by atoms with van der Waals surface area (Å²) in [5, 5.41) is 7.55. The Morgan fingerprint density at radius 2 is 1.71 bits per heavy atom. The molecular formula is C17H23ClN2O3S. The third-order valence-corrected chi connectivity index (χ3v) is 6.56. The van der Waals surface area contributed by atoms with Gasteiger partial charge in [0.1, 0.15) is 0 Å². The molecule has 0 atom stereocenters. The molecule has 0 aliphatic carbocycles. The van der Waals surface area contributed by atoms with Crippen molar-refractivity contribution in [2.75, 3.05) is 11.9 Å². The molecule has 0 amide bonds. The van der Waals surface area contributed by atoms with E-state index < -0.39 is 14.6 Å². The molecule has 1 N–H and O–H groups in total. The molecule has 2 aromatic rings. The molecular weight excluding hydrogens is 348 g/mol. The molecule has 0 aliphatic rings. The molecule has 24 heavy (non-hydrogen) atoms.